The molecule has 3 heterocycles. The van der Waals surface area contributed by atoms with E-state index in [1.165, 1.54) is 18.3 Å². The second-order valence-electron chi connectivity index (χ2n) is 6.01. The molecule has 1 atom stereocenters. The number of nitrogens with one attached hydrogen (secondary N) is 2. The maximum atomic E-state index is 13.4. The summed E-state index contributed by atoms with van der Waals surface area (Å²) in [5, 5.41) is 5.73. The first-order chi connectivity index (χ1) is 13.0. The van der Waals surface area contributed by atoms with Crippen molar-refractivity contribution in [2.75, 3.05) is 16.8 Å². The Morgan fingerprint density at radius 1 is 1.37 bits per heavy atom. The highest BCUT2D eigenvalue weighted by Crippen LogP contribution is 2.27. The summed E-state index contributed by atoms with van der Waals surface area (Å²) in [5.74, 6) is -0.723. The van der Waals surface area contributed by atoms with Crippen LogP contribution in [0.25, 0.3) is 0 Å². The number of primary amides is 1. The first-order valence-electron chi connectivity index (χ1n) is 8.36. The van der Waals surface area contributed by atoms with E-state index in [4.69, 9.17) is 5.73 Å². The Bertz CT molecular complexity index is 888. The number of hydrogen-bond donors (Lipinski definition) is 3. The number of rotatable bonds is 6. The van der Waals surface area contributed by atoms with Crippen molar-refractivity contribution in [1.29, 1.82) is 0 Å². The van der Waals surface area contributed by atoms with E-state index in [0.717, 1.165) is 19.0 Å². The normalized spacial score (nSPS) is 16.0. The van der Waals surface area contributed by atoms with Crippen LogP contribution in [0.2, 0.25) is 0 Å². The van der Waals surface area contributed by atoms with Crippen LogP contribution in [-0.2, 0) is 4.79 Å². The van der Waals surface area contributed by atoms with Gasteiger partial charge in [-0.15, -0.1) is 0 Å². The van der Waals surface area contributed by atoms with Crippen molar-refractivity contribution >= 4 is 29.1 Å². The minimum absolute atomic E-state index is 0.161. The Kier molecular flexibility index (Phi) is 5.30. The Morgan fingerprint density at radius 2 is 2.19 bits per heavy atom. The van der Waals surface area contributed by atoms with Crippen LogP contribution in [0.1, 0.15) is 23.2 Å². The summed E-state index contributed by atoms with van der Waals surface area (Å²) in [6.07, 6.45) is 5.09. The maximum Gasteiger partial charge on any atom is 0.252 e. The molecule has 2 aromatic heterocycles. The second kappa shape index (κ2) is 7.81. The SMILES string of the molecule is C=CC(=O)NC1CCCN1c1ccc(C(N)=O)c(Nc2cncc(F)c2)n1. The molecule has 9 heteroatoms. The summed E-state index contributed by atoms with van der Waals surface area (Å²) in [7, 11) is 0. The van der Waals surface area contributed by atoms with E-state index in [1.54, 1.807) is 12.1 Å². The Labute approximate surface area is 155 Å². The lowest BCUT2D eigenvalue weighted by Crippen LogP contribution is -2.44. The summed E-state index contributed by atoms with van der Waals surface area (Å²) in [5.41, 5.74) is 5.92. The molecular weight excluding hydrogens is 351 g/mol. The van der Waals surface area contributed by atoms with E-state index < -0.39 is 11.7 Å². The number of hydrogen-bond acceptors (Lipinski definition) is 6. The Morgan fingerprint density at radius 3 is 2.89 bits per heavy atom. The number of anilines is 3. The largest absolute Gasteiger partial charge is 0.365 e. The van der Waals surface area contributed by atoms with E-state index in [-0.39, 0.29) is 23.5 Å². The number of amides is 2. The Hall–Kier alpha value is -3.49. The molecule has 2 amide bonds. The van der Waals surface area contributed by atoms with E-state index >= 15 is 0 Å². The van der Waals surface area contributed by atoms with Crippen LogP contribution in [-0.4, -0.2) is 34.5 Å². The zero-order chi connectivity index (χ0) is 19.4. The summed E-state index contributed by atoms with van der Waals surface area (Å²) in [6, 6.07) is 4.44. The highest BCUT2D eigenvalue weighted by molar-refractivity contribution is 5.98. The fraction of sp³-hybridized carbons (Fsp3) is 0.222. The predicted octanol–water partition coefficient (Wildman–Crippen LogP) is 1.69. The zero-order valence-electron chi connectivity index (χ0n) is 14.5. The van der Waals surface area contributed by atoms with Crippen molar-refractivity contribution in [3.63, 3.8) is 0 Å². The van der Waals surface area contributed by atoms with Crippen molar-refractivity contribution < 1.29 is 14.0 Å². The van der Waals surface area contributed by atoms with Crippen molar-refractivity contribution in [1.82, 2.24) is 15.3 Å². The minimum atomic E-state index is -0.668. The molecule has 140 valence electrons. The molecule has 0 saturated carbocycles. The van der Waals surface area contributed by atoms with Gasteiger partial charge >= 0.3 is 0 Å². The van der Waals surface area contributed by atoms with Gasteiger partial charge in [0.25, 0.3) is 5.91 Å². The topological polar surface area (TPSA) is 113 Å². The van der Waals surface area contributed by atoms with Crippen LogP contribution >= 0.6 is 0 Å². The molecule has 27 heavy (non-hydrogen) atoms. The molecule has 2 aromatic rings. The third-order valence-corrected chi connectivity index (χ3v) is 4.15. The lowest BCUT2D eigenvalue weighted by atomic mass is 10.2. The van der Waals surface area contributed by atoms with Gasteiger partial charge in [-0.05, 0) is 31.1 Å². The van der Waals surface area contributed by atoms with Crippen LogP contribution < -0.4 is 21.3 Å². The van der Waals surface area contributed by atoms with Gasteiger partial charge in [0, 0.05) is 12.6 Å². The lowest BCUT2D eigenvalue weighted by Gasteiger charge is -2.26. The van der Waals surface area contributed by atoms with Gasteiger partial charge in [-0.3, -0.25) is 14.6 Å². The molecule has 1 aliphatic rings. The fourth-order valence-electron chi connectivity index (χ4n) is 2.93. The summed E-state index contributed by atoms with van der Waals surface area (Å²) >= 11 is 0. The molecular formula is C18H19FN6O2. The van der Waals surface area contributed by atoms with Crippen molar-refractivity contribution in [2.45, 2.75) is 19.0 Å². The third kappa shape index (κ3) is 4.20. The van der Waals surface area contributed by atoms with Crippen molar-refractivity contribution in [3.8, 4) is 0 Å². The second-order valence-corrected chi connectivity index (χ2v) is 6.01. The molecule has 0 bridgehead atoms. The van der Waals surface area contributed by atoms with Gasteiger partial charge in [0.1, 0.15) is 23.6 Å². The van der Waals surface area contributed by atoms with Gasteiger partial charge in [-0.25, -0.2) is 9.37 Å². The predicted molar refractivity (Wildman–Crippen MR) is 98.9 cm³/mol. The van der Waals surface area contributed by atoms with E-state index in [2.05, 4.69) is 27.2 Å². The number of nitrogens with zero attached hydrogens (tertiary/aromatic N) is 3. The zero-order valence-corrected chi connectivity index (χ0v) is 14.5. The standard InChI is InChI=1S/C18H19FN6O2/c1-2-16(26)23-14-4-3-7-25(14)15-6-5-13(17(20)27)18(24-15)22-12-8-11(19)9-21-10-12/h2,5-6,8-10,14H,1,3-4,7H2,(H2,20,27)(H,22,24)(H,23,26). The van der Waals surface area contributed by atoms with Gasteiger partial charge in [0.05, 0.1) is 23.6 Å². The third-order valence-electron chi connectivity index (χ3n) is 4.15. The van der Waals surface area contributed by atoms with Gasteiger partial charge in [-0.2, -0.15) is 0 Å². The number of pyridine rings is 2. The first-order valence-corrected chi connectivity index (χ1v) is 8.36. The highest BCUT2D eigenvalue weighted by atomic mass is 19.1. The van der Waals surface area contributed by atoms with Crippen LogP contribution in [0.3, 0.4) is 0 Å². The molecule has 1 fully saturated rings. The quantitative estimate of drug-likeness (QED) is 0.667. The summed E-state index contributed by atoms with van der Waals surface area (Å²) < 4.78 is 13.4. The number of aromatic nitrogens is 2. The van der Waals surface area contributed by atoms with Gasteiger partial charge in [0.2, 0.25) is 5.91 Å². The monoisotopic (exact) mass is 370 g/mol. The molecule has 3 rings (SSSR count). The Balaban J connectivity index is 1.92. The van der Waals surface area contributed by atoms with Gasteiger partial charge in [-0.1, -0.05) is 6.58 Å². The average molecular weight is 370 g/mol. The molecule has 1 aliphatic heterocycles. The maximum absolute atomic E-state index is 13.4. The van der Waals surface area contributed by atoms with Crippen molar-refractivity contribution in [2.24, 2.45) is 5.73 Å². The van der Waals surface area contributed by atoms with E-state index in [9.17, 15) is 14.0 Å². The van der Waals surface area contributed by atoms with Gasteiger partial charge in [0.15, 0.2) is 0 Å². The number of carbonyl (C=O) groups excluding carboxylic acids is 2. The number of nitrogens with two attached hydrogens (primary N) is 1. The molecule has 4 N–H and O–H groups in total. The average Bonchev–Trinajstić information content (AvgIpc) is 3.09. The van der Waals surface area contributed by atoms with E-state index in [0.29, 0.717) is 18.1 Å². The lowest BCUT2D eigenvalue weighted by molar-refractivity contribution is -0.117. The van der Waals surface area contributed by atoms with Crippen LogP contribution in [0, 0.1) is 5.82 Å². The molecule has 1 unspecified atom stereocenters. The smallest absolute Gasteiger partial charge is 0.252 e. The molecule has 0 aliphatic carbocycles. The molecule has 0 spiro atoms. The highest BCUT2D eigenvalue weighted by Gasteiger charge is 2.27. The molecule has 0 radical (unpaired) electrons. The minimum Gasteiger partial charge on any atom is -0.365 e. The molecule has 1 saturated heterocycles. The van der Waals surface area contributed by atoms with Gasteiger partial charge < -0.3 is 21.3 Å². The fourth-order valence-corrected chi connectivity index (χ4v) is 2.93. The summed E-state index contributed by atoms with van der Waals surface area (Å²) in [6.45, 7) is 4.14. The van der Waals surface area contributed by atoms with E-state index in [1.807, 2.05) is 4.90 Å². The summed E-state index contributed by atoms with van der Waals surface area (Å²) in [4.78, 5) is 33.5. The van der Waals surface area contributed by atoms with Crippen LogP contribution in [0.15, 0.2) is 43.2 Å². The molecule has 8 nitrogen and oxygen atoms in total. The molecule has 0 aromatic carbocycles. The van der Waals surface area contributed by atoms with Crippen LogP contribution in [0.5, 0.6) is 0 Å². The first kappa shape index (κ1) is 18.3. The van der Waals surface area contributed by atoms with Crippen molar-refractivity contribution in [3.05, 3.63) is 54.6 Å². The number of carbonyl (C=O) groups is 2. The van der Waals surface area contributed by atoms with Crippen LogP contribution in [0.4, 0.5) is 21.7 Å². The number of halogens is 1.